The van der Waals surface area contributed by atoms with E-state index >= 15 is 0 Å². The molecule has 0 aliphatic heterocycles. The number of benzene rings is 2. The highest BCUT2D eigenvalue weighted by atomic mass is 127. The van der Waals surface area contributed by atoms with Crippen LogP contribution in [0, 0.1) is 3.57 Å². The maximum Gasteiger partial charge on any atom is 0.134 e. The Hall–Kier alpha value is -1.49. The molecule has 0 saturated heterocycles. The van der Waals surface area contributed by atoms with Gasteiger partial charge in [0.15, 0.2) is 0 Å². The summed E-state index contributed by atoms with van der Waals surface area (Å²) >= 11 is 2.33. The standard InChI is InChI=1S/C18H18INO/c1-3-15-16-9-4-5-10-17(16)21-18(15)12(2)20-14-8-6-7-13(19)11-14/h4-12,20H,3H2,1-2H3. The van der Waals surface area contributed by atoms with Crippen molar-refractivity contribution >= 4 is 39.2 Å². The highest BCUT2D eigenvalue weighted by Crippen LogP contribution is 2.32. The summed E-state index contributed by atoms with van der Waals surface area (Å²) in [5, 5.41) is 4.76. The number of hydrogen-bond acceptors (Lipinski definition) is 2. The lowest BCUT2D eigenvalue weighted by Crippen LogP contribution is -2.07. The Kier molecular flexibility index (Phi) is 4.19. The van der Waals surface area contributed by atoms with Gasteiger partial charge in [0, 0.05) is 20.2 Å². The van der Waals surface area contributed by atoms with Crippen molar-refractivity contribution in [2.75, 3.05) is 5.32 Å². The van der Waals surface area contributed by atoms with E-state index in [4.69, 9.17) is 4.42 Å². The summed E-state index contributed by atoms with van der Waals surface area (Å²) in [7, 11) is 0. The van der Waals surface area contributed by atoms with Crippen LogP contribution in [0.25, 0.3) is 11.0 Å². The van der Waals surface area contributed by atoms with Gasteiger partial charge in [0.2, 0.25) is 0 Å². The molecule has 0 aliphatic carbocycles. The third kappa shape index (κ3) is 2.93. The molecule has 0 radical (unpaired) electrons. The molecule has 21 heavy (non-hydrogen) atoms. The lowest BCUT2D eigenvalue weighted by atomic mass is 10.0. The zero-order valence-corrected chi connectivity index (χ0v) is 14.3. The highest BCUT2D eigenvalue weighted by Gasteiger charge is 2.18. The van der Waals surface area contributed by atoms with E-state index in [9.17, 15) is 0 Å². The predicted octanol–water partition coefficient (Wildman–Crippen LogP) is 5.77. The molecule has 0 aliphatic rings. The molecule has 0 fully saturated rings. The van der Waals surface area contributed by atoms with Crippen molar-refractivity contribution in [1.29, 1.82) is 0 Å². The first-order valence-electron chi connectivity index (χ1n) is 7.21. The van der Waals surface area contributed by atoms with E-state index in [1.165, 1.54) is 14.5 Å². The number of anilines is 1. The molecule has 1 unspecified atom stereocenters. The number of fused-ring (bicyclic) bond motifs is 1. The largest absolute Gasteiger partial charge is 0.459 e. The lowest BCUT2D eigenvalue weighted by Gasteiger charge is -2.14. The molecule has 2 aromatic carbocycles. The Labute approximate surface area is 138 Å². The van der Waals surface area contributed by atoms with Crippen LogP contribution in [0.4, 0.5) is 5.69 Å². The van der Waals surface area contributed by atoms with Crippen LogP contribution >= 0.6 is 22.6 Å². The molecular formula is C18H18INO. The van der Waals surface area contributed by atoms with Crippen LogP contribution in [0.15, 0.2) is 52.9 Å². The van der Waals surface area contributed by atoms with Crippen molar-refractivity contribution in [1.82, 2.24) is 0 Å². The van der Waals surface area contributed by atoms with Crippen molar-refractivity contribution < 1.29 is 4.42 Å². The van der Waals surface area contributed by atoms with E-state index < -0.39 is 0 Å². The van der Waals surface area contributed by atoms with Crippen LogP contribution in [-0.4, -0.2) is 0 Å². The Balaban J connectivity index is 1.95. The summed E-state index contributed by atoms with van der Waals surface area (Å²) < 4.78 is 7.32. The third-order valence-corrected chi connectivity index (χ3v) is 4.36. The first-order chi connectivity index (χ1) is 10.2. The molecule has 0 spiro atoms. The van der Waals surface area contributed by atoms with Gasteiger partial charge in [-0.1, -0.05) is 31.2 Å². The zero-order chi connectivity index (χ0) is 14.8. The number of para-hydroxylation sites is 1. The summed E-state index contributed by atoms with van der Waals surface area (Å²) in [5.74, 6) is 1.04. The molecule has 1 heterocycles. The molecule has 108 valence electrons. The SMILES string of the molecule is CCc1c(C(C)Nc2cccc(I)c2)oc2ccccc12. The van der Waals surface area contributed by atoms with Gasteiger partial charge in [0.25, 0.3) is 0 Å². The van der Waals surface area contributed by atoms with Crippen molar-refractivity contribution in [2.45, 2.75) is 26.3 Å². The third-order valence-electron chi connectivity index (χ3n) is 3.68. The fraction of sp³-hybridized carbons (Fsp3) is 0.222. The number of aryl methyl sites for hydroxylation is 1. The predicted molar refractivity (Wildman–Crippen MR) is 96.8 cm³/mol. The average Bonchev–Trinajstić information content (AvgIpc) is 2.86. The monoisotopic (exact) mass is 391 g/mol. The maximum atomic E-state index is 6.09. The quantitative estimate of drug-likeness (QED) is 0.571. The number of halogens is 1. The Morgan fingerprint density at radius 3 is 2.71 bits per heavy atom. The molecule has 3 heteroatoms. The van der Waals surface area contributed by atoms with E-state index in [1.54, 1.807) is 0 Å². The van der Waals surface area contributed by atoms with Crippen LogP contribution in [0.1, 0.15) is 31.2 Å². The molecule has 0 bridgehead atoms. The highest BCUT2D eigenvalue weighted by molar-refractivity contribution is 14.1. The smallest absolute Gasteiger partial charge is 0.134 e. The fourth-order valence-corrected chi connectivity index (χ4v) is 3.27. The number of furan rings is 1. The van der Waals surface area contributed by atoms with E-state index in [2.05, 4.69) is 78.2 Å². The van der Waals surface area contributed by atoms with Gasteiger partial charge in [-0.2, -0.15) is 0 Å². The molecule has 2 nitrogen and oxygen atoms in total. The van der Waals surface area contributed by atoms with E-state index in [0.29, 0.717) is 0 Å². The maximum absolute atomic E-state index is 6.09. The topological polar surface area (TPSA) is 25.2 Å². The van der Waals surface area contributed by atoms with Crippen LogP contribution in [0.2, 0.25) is 0 Å². The summed E-state index contributed by atoms with van der Waals surface area (Å²) in [4.78, 5) is 0. The number of hydrogen-bond donors (Lipinski definition) is 1. The van der Waals surface area contributed by atoms with Gasteiger partial charge >= 0.3 is 0 Å². The van der Waals surface area contributed by atoms with Gasteiger partial charge in [0.05, 0.1) is 6.04 Å². The Bertz CT molecular complexity index is 763. The van der Waals surface area contributed by atoms with Gasteiger partial charge in [-0.3, -0.25) is 0 Å². The average molecular weight is 391 g/mol. The second-order valence-electron chi connectivity index (χ2n) is 5.17. The van der Waals surface area contributed by atoms with Gasteiger partial charge < -0.3 is 9.73 Å². The van der Waals surface area contributed by atoms with E-state index in [1.807, 2.05) is 12.1 Å². The van der Waals surface area contributed by atoms with Crippen LogP contribution in [-0.2, 0) is 6.42 Å². The van der Waals surface area contributed by atoms with Gasteiger partial charge in [-0.05, 0) is 60.2 Å². The first kappa shape index (κ1) is 14.4. The molecule has 3 rings (SSSR count). The molecule has 1 N–H and O–H groups in total. The van der Waals surface area contributed by atoms with Crippen LogP contribution in [0.5, 0.6) is 0 Å². The molecule has 0 saturated carbocycles. The van der Waals surface area contributed by atoms with Crippen molar-refractivity contribution in [3.8, 4) is 0 Å². The Morgan fingerprint density at radius 2 is 1.95 bits per heavy atom. The van der Waals surface area contributed by atoms with Gasteiger partial charge in [-0.25, -0.2) is 0 Å². The minimum Gasteiger partial charge on any atom is -0.459 e. The molecule has 1 aromatic heterocycles. The molecular weight excluding hydrogens is 373 g/mol. The second kappa shape index (κ2) is 6.10. The Morgan fingerprint density at radius 1 is 1.14 bits per heavy atom. The minimum atomic E-state index is 0.144. The summed E-state index contributed by atoms with van der Waals surface area (Å²) in [6, 6.07) is 16.8. The molecule has 3 aromatic rings. The zero-order valence-electron chi connectivity index (χ0n) is 12.2. The second-order valence-corrected chi connectivity index (χ2v) is 6.42. The van der Waals surface area contributed by atoms with E-state index in [0.717, 1.165) is 23.5 Å². The lowest BCUT2D eigenvalue weighted by molar-refractivity contribution is 0.520. The summed E-state index contributed by atoms with van der Waals surface area (Å²) in [6.45, 7) is 4.33. The fourth-order valence-electron chi connectivity index (χ4n) is 2.73. The first-order valence-corrected chi connectivity index (χ1v) is 8.29. The number of rotatable bonds is 4. The number of nitrogens with one attached hydrogen (secondary N) is 1. The normalized spacial score (nSPS) is 12.5. The van der Waals surface area contributed by atoms with Crippen LogP contribution < -0.4 is 5.32 Å². The van der Waals surface area contributed by atoms with E-state index in [-0.39, 0.29) is 6.04 Å². The molecule has 0 amide bonds. The van der Waals surface area contributed by atoms with Crippen LogP contribution in [0.3, 0.4) is 0 Å². The summed E-state index contributed by atoms with van der Waals surface area (Å²) in [5.41, 5.74) is 3.40. The van der Waals surface area contributed by atoms with Crippen molar-refractivity contribution in [2.24, 2.45) is 0 Å². The van der Waals surface area contributed by atoms with Crippen molar-refractivity contribution in [3.05, 3.63) is 63.4 Å². The molecule has 1 atom stereocenters. The van der Waals surface area contributed by atoms with Gasteiger partial charge in [0.1, 0.15) is 11.3 Å². The minimum absolute atomic E-state index is 0.144. The van der Waals surface area contributed by atoms with Gasteiger partial charge in [-0.15, -0.1) is 0 Å². The summed E-state index contributed by atoms with van der Waals surface area (Å²) in [6.07, 6.45) is 0.977. The van der Waals surface area contributed by atoms with Crippen molar-refractivity contribution in [3.63, 3.8) is 0 Å².